The first-order valence-corrected chi connectivity index (χ1v) is 20.3. The molecule has 0 saturated heterocycles. The zero-order valence-electron chi connectivity index (χ0n) is 31.0. The highest BCUT2D eigenvalue weighted by Crippen LogP contribution is 2.08. The van der Waals surface area contributed by atoms with Gasteiger partial charge in [-0.2, -0.15) is 0 Å². The normalized spacial score (nSPS) is 12.8. The Kier molecular flexibility index (Phi) is 32.2. The molecular weight excluding hydrogens is 631 g/mol. The van der Waals surface area contributed by atoms with Crippen LogP contribution in [0.2, 0.25) is 0 Å². The second-order valence-electron chi connectivity index (χ2n) is 13.3. The van der Waals surface area contributed by atoms with Gasteiger partial charge in [0.1, 0.15) is 0 Å². The summed E-state index contributed by atoms with van der Waals surface area (Å²) in [5.74, 6) is 1.50. The fraction of sp³-hybridized carbons (Fsp3) is 1.00. The second-order valence-corrected chi connectivity index (χ2v) is 14.6. The lowest BCUT2D eigenvalue weighted by Crippen LogP contribution is -2.48. The molecule has 0 bridgehead atoms. The van der Waals surface area contributed by atoms with Crippen LogP contribution in [0.5, 0.6) is 0 Å². The van der Waals surface area contributed by atoms with E-state index in [9.17, 15) is 0 Å². The molecule has 0 aromatic heterocycles. The van der Waals surface area contributed by atoms with Crippen molar-refractivity contribution < 1.29 is 0 Å². The first kappa shape index (κ1) is 47.2. The van der Waals surface area contributed by atoms with E-state index in [1.807, 2.05) is 0 Å². The van der Waals surface area contributed by atoms with Gasteiger partial charge >= 0.3 is 0 Å². The summed E-state index contributed by atoms with van der Waals surface area (Å²) >= 11 is 4.41. The molecule has 0 heterocycles. The molecule has 0 aromatic rings. The lowest BCUT2D eigenvalue weighted by molar-refractivity contribution is 0.139. The van der Waals surface area contributed by atoms with E-state index in [0.717, 1.165) is 130 Å². The SMILES string of the molecule is CC(C)CN(CCN)CCN(CCN)CCN(CCN)CCN(CCN(CCN)CCN(CCN)C(C)C)CCN(CCN)CSS. The molecule has 13 nitrogen and oxygen atoms in total. The number of nitrogens with zero attached hydrogens (tertiary/aromatic N) is 7. The Morgan fingerprint density at radius 2 is 0.702 bits per heavy atom. The van der Waals surface area contributed by atoms with Crippen LogP contribution in [0.1, 0.15) is 27.7 Å². The summed E-state index contributed by atoms with van der Waals surface area (Å²) in [5.41, 5.74) is 35.9. The van der Waals surface area contributed by atoms with Gasteiger partial charge in [-0.15, -0.1) is 11.7 Å². The maximum Gasteiger partial charge on any atom is 0.0547 e. The topological polar surface area (TPSA) is 179 Å². The molecule has 0 saturated carbocycles. The van der Waals surface area contributed by atoms with Crippen molar-refractivity contribution >= 4 is 22.5 Å². The predicted molar refractivity (Wildman–Crippen MR) is 211 cm³/mol. The van der Waals surface area contributed by atoms with Gasteiger partial charge in [0, 0.05) is 170 Å². The van der Waals surface area contributed by atoms with Gasteiger partial charge in [0.2, 0.25) is 0 Å². The van der Waals surface area contributed by atoms with Crippen LogP contribution in [0.15, 0.2) is 0 Å². The summed E-state index contributed by atoms with van der Waals surface area (Å²) in [7, 11) is 1.56. The van der Waals surface area contributed by atoms with Gasteiger partial charge in [-0.25, -0.2) is 0 Å². The Morgan fingerprint density at radius 1 is 0.404 bits per heavy atom. The summed E-state index contributed by atoms with van der Waals surface area (Å²) in [5, 5.41) is 0. The minimum Gasteiger partial charge on any atom is -0.329 e. The van der Waals surface area contributed by atoms with Gasteiger partial charge < -0.3 is 39.3 Å². The molecule has 0 aliphatic carbocycles. The Hall–Kier alpha value is 0.180. The molecule has 12 N–H and O–H groups in total. The fourth-order valence-corrected chi connectivity index (χ4v) is 6.78. The van der Waals surface area contributed by atoms with Crippen molar-refractivity contribution in [3.63, 3.8) is 0 Å². The monoisotopic (exact) mass is 710 g/mol. The van der Waals surface area contributed by atoms with E-state index in [0.29, 0.717) is 51.2 Å². The lowest BCUT2D eigenvalue weighted by atomic mass is 10.2. The maximum atomic E-state index is 6.11. The van der Waals surface area contributed by atoms with Crippen LogP contribution in [0.25, 0.3) is 0 Å². The van der Waals surface area contributed by atoms with Crippen LogP contribution in [0.4, 0.5) is 0 Å². The maximum absolute atomic E-state index is 6.11. The molecule has 0 radical (unpaired) electrons. The molecule has 284 valence electrons. The van der Waals surface area contributed by atoms with E-state index in [4.69, 9.17) is 34.4 Å². The van der Waals surface area contributed by atoms with Gasteiger partial charge in [0.15, 0.2) is 0 Å². The highest BCUT2D eigenvalue weighted by atomic mass is 33.1. The van der Waals surface area contributed by atoms with Crippen molar-refractivity contribution in [2.75, 3.05) is 169 Å². The highest BCUT2D eigenvalue weighted by Gasteiger charge is 2.17. The van der Waals surface area contributed by atoms with Gasteiger partial charge in [0.25, 0.3) is 0 Å². The molecule has 0 unspecified atom stereocenters. The van der Waals surface area contributed by atoms with Crippen molar-refractivity contribution in [3.05, 3.63) is 0 Å². The van der Waals surface area contributed by atoms with Crippen molar-refractivity contribution in [2.45, 2.75) is 33.7 Å². The van der Waals surface area contributed by atoms with Gasteiger partial charge in [-0.1, -0.05) is 24.6 Å². The van der Waals surface area contributed by atoms with Crippen molar-refractivity contribution in [3.8, 4) is 0 Å². The van der Waals surface area contributed by atoms with Gasteiger partial charge in [-0.05, 0) is 19.8 Å². The molecule has 47 heavy (non-hydrogen) atoms. The molecule has 0 aliphatic rings. The third kappa shape index (κ3) is 25.7. The second kappa shape index (κ2) is 32.1. The number of hydrogen-bond donors (Lipinski definition) is 7. The number of rotatable bonds is 35. The zero-order chi connectivity index (χ0) is 35.3. The first-order chi connectivity index (χ1) is 22.7. The minimum atomic E-state index is 0.479. The molecule has 0 amide bonds. The zero-order valence-corrected chi connectivity index (χ0v) is 32.7. The summed E-state index contributed by atoms with van der Waals surface area (Å²) < 4.78 is 0. The van der Waals surface area contributed by atoms with Crippen LogP contribution >= 0.6 is 22.5 Å². The van der Waals surface area contributed by atoms with Crippen molar-refractivity contribution in [2.24, 2.45) is 40.3 Å². The molecule has 0 spiro atoms. The predicted octanol–water partition coefficient (Wildman–Crippen LogP) is -1.55. The van der Waals surface area contributed by atoms with E-state index in [-0.39, 0.29) is 0 Å². The summed E-state index contributed by atoms with van der Waals surface area (Å²) in [6.07, 6.45) is 0. The van der Waals surface area contributed by atoms with E-state index < -0.39 is 0 Å². The van der Waals surface area contributed by atoms with Crippen LogP contribution in [0.3, 0.4) is 0 Å². The Labute approximate surface area is 299 Å². The highest BCUT2D eigenvalue weighted by molar-refractivity contribution is 8.68. The Morgan fingerprint density at radius 3 is 1.04 bits per heavy atom. The smallest absolute Gasteiger partial charge is 0.0547 e. The third-order valence-electron chi connectivity index (χ3n) is 8.60. The number of hydrogen-bond acceptors (Lipinski definition) is 15. The van der Waals surface area contributed by atoms with Crippen molar-refractivity contribution in [1.29, 1.82) is 0 Å². The number of thiol groups is 1. The van der Waals surface area contributed by atoms with Crippen LogP contribution in [-0.2, 0) is 0 Å². The quantitative estimate of drug-likeness (QED) is 0.0229. The van der Waals surface area contributed by atoms with E-state index in [1.165, 1.54) is 0 Å². The minimum absolute atomic E-state index is 0.479. The molecule has 0 atom stereocenters. The molecule has 0 rings (SSSR count). The van der Waals surface area contributed by atoms with Crippen LogP contribution in [0, 0.1) is 5.92 Å². The summed E-state index contributed by atoms with van der Waals surface area (Å²) in [6.45, 7) is 31.4. The first-order valence-electron chi connectivity index (χ1n) is 18.2. The Balaban J connectivity index is 5.43. The van der Waals surface area contributed by atoms with E-state index >= 15 is 0 Å². The number of nitrogens with two attached hydrogens (primary N) is 6. The van der Waals surface area contributed by atoms with Crippen LogP contribution in [-0.4, -0.2) is 210 Å². The Bertz CT molecular complexity index is 662. The largest absolute Gasteiger partial charge is 0.329 e. The van der Waals surface area contributed by atoms with Crippen LogP contribution < -0.4 is 34.4 Å². The van der Waals surface area contributed by atoms with Gasteiger partial charge in [0.05, 0.1) is 5.88 Å². The standard InChI is InChI=1S/C32H79N13S2/c1-31(2)29-43(14-8-36)25-23-40(12-6-34)18-17-39(11-5-33)19-21-42(24-26-44(15-9-37)30-47-46)22-20-41(13-7-35)27-28-45(16-10-38)32(3)4/h31-32,46H,5-30,33-38H2,1-4H3. The summed E-state index contributed by atoms with van der Waals surface area (Å²) in [6, 6.07) is 0.479. The third-order valence-corrected chi connectivity index (χ3v) is 9.43. The molecule has 0 aromatic carbocycles. The van der Waals surface area contributed by atoms with Gasteiger partial charge in [-0.3, -0.25) is 29.4 Å². The molecule has 15 heteroatoms. The van der Waals surface area contributed by atoms with E-state index in [2.05, 4.69) is 73.7 Å². The average Bonchev–Trinajstić information content (AvgIpc) is 3.03. The molecule has 0 fully saturated rings. The fourth-order valence-electron chi connectivity index (χ4n) is 5.87. The van der Waals surface area contributed by atoms with Crippen molar-refractivity contribution in [1.82, 2.24) is 34.3 Å². The summed E-state index contributed by atoms with van der Waals surface area (Å²) in [4.78, 5) is 17.5. The van der Waals surface area contributed by atoms with E-state index in [1.54, 1.807) is 10.8 Å². The molecular formula is C32H79N13S2. The lowest BCUT2D eigenvalue weighted by Gasteiger charge is -2.34. The average molecular weight is 710 g/mol. The molecule has 0 aliphatic heterocycles.